The molecule has 0 spiro atoms. The Hall–Kier alpha value is -3.44. The van der Waals surface area contributed by atoms with Crippen LogP contribution in [0.1, 0.15) is 70.7 Å². The number of ether oxygens (including phenoxy) is 4. The number of amides is 2. The van der Waals surface area contributed by atoms with E-state index in [2.05, 4.69) is 10.2 Å². The molecule has 2 bridgehead atoms. The van der Waals surface area contributed by atoms with E-state index in [-0.39, 0.29) is 24.2 Å². The number of anilines is 2. The maximum atomic E-state index is 14.4. The van der Waals surface area contributed by atoms with Gasteiger partial charge >= 0.3 is 6.09 Å². The zero-order valence-electron chi connectivity index (χ0n) is 25.1. The lowest BCUT2D eigenvalue weighted by atomic mass is 10.0. The normalized spacial score (nSPS) is 24.1. The van der Waals surface area contributed by atoms with Crippen LogP contribution in [0.15, 0.2) is 24.3 Å². The lowest BCUT2D eigenvalue weighted by molar-refractivity contribution is 0.00668. The van der Waals surface area contributed by atoms with Gasteiger partial charge in [-0.25, -0.2) is 9.78 Å². The van der Waals surface area contributed by atoms with Gasteiger partial charge in [0.1, 0.15) is 16.8 Å². The van der Waals surface area contributed by atoms with Crippen LogP contribution in [0.25, 0.3) is 11.3 Å². The Morgan fingerprint density at radius 2 is 1.69 bits per heavy atom. The molecule has 2 amide bonds. The first-order valence-electron chi connectivity index (χ1n) is 14.9. The summed E-state index contributed by atoms with van der Waals surface area (Å²) in [6, 6.07) is 7.31. The SMILES string of the molecule is CC(C)(C)OC(=O)Nc1ccc(-c2nc(N3CC4CCC(C3)O4)nc3c2C(=O)N(C2CCOCC2)CC(C)(C)O3)cc1. The monoisotopic (exact) mass is 579 g/mol. The van der Waals surface area contributed by atoms with Gasteiger partial charge in [-0.3, -0.25) is 10.1 Å². The van der Waals surface area contributed by atoms with E-state index >= 15 is 0 Å². The number of carbonyl (C=O) groups excluding carboxylic acids is 2. The standard InChI is InChI=1S/C31H41N5O6/c1-30(2,3)42-29(38)32-20-8-6-19(7-9-20)25-24-26(34-28(33-25)35-16-22-10-11-23(17-35)40-22)41-31(4,5)18-36(27(24)37)21-12-14-39-15-13-21/h6-9,21-23H,10-18H2,1-5H3,(H,32,38). The number of aromatic nitrogens is 2. The van der Waals surface area contributed by atoms with Crippen LogP contribution in [0.4, 0.5) is 16.4 Å². The quantitative estimate of drug-likeness (QED) is 0.553. The van der Waals surface area contributed by atoms with Gasteiger partial charge in [0.25, 0.3) is 5.91 Å². The Bertz CT molecular complexity index is 1320. The number of morpholine rings is 1. The maximum Gasteiger partial charge on any atom is 0.412 e. The molecule has 0 radical (unpaired) electrons. The first kappa shape index (κ1) is 28.7. The zero-order valence-corrected chi connectivity index (χ0v) is 25.1. The number of benzene rings is 1. The molecule has 0 saturated carbocycles. The molecular weight excluding hydrogens is 538 g/mol. The summed E-state index contributed by atoms with van der Waals surface area (Å²) in [5.74, 6) is 0.694. The molecule has 1 aromatic carbocycles. The lowest BCUT2D eigenvalue weighted by Gasteiger charge is -2.36. The van der Waals surface area contributed by atoms with Gasteiger partial charge < -0.3 is 28.7 Å². The lowest BCUT2D eigenvalue weighted by Crippen LogP contribution is -2.49. The predicted octanol–water partition coefficient (Wildman–Crippen LogP) is 4.65. The van der Waals surface area contributed by atoms with Crippen molar-refractivity contribution in [2.45, 2.75) is 89.8 Å². The van der Waals surface area contributed by atoms with Crippen LogP contribution in [0, 0.1) is 0 Å². The molecule has 3 saturated heterocycles. The van der Waals surface area contributed by atoms with Gasteiger partial charge in [-0.2, -0.15) is 4.98 Å². The fourth-order valence-electron chi connectivity index (χ4n) is 6.17. The van der Waals surface area contributed by atoms with Crippen molar-refractivity contribution < 1.29 is 28.5 Å². The third kappa shape index (κ3) is 6.17. The van der Waals surface area contributed by atoms with Crippen LogP contribution in [0.5, 0.6) is 5.88 Å². The minimum atomic E-state index is -0.659. The van der Waals surface area contributed by atoms with E-state index in [1.165, 1.54) is 0 Å². The molecule has 226 valence electrons. The second-order valence-electron chi connectivity index (χ2n) is 13.3. The Labute approximate surface area is 246 Å². The smallest absolute Gasteiger partial charge is 0.412 e. The molecule has 1 N–H and O–H groups in total. The largest absolute Gasteiger partial charge is 0.469 e. The molecule has 11 heteroatoms. The van der Waals surface area contributed by atoms with E-state index in [9.17, 15) is 9.59 Å². The number of nitrogens with zero attached hydrogens (tertiary/aromatic N) is 4. The molecule has 4 aliphatic rings. The third-order valence-electron chi connectivity index (χ3n) is 8.02. The van der Waals surface area contributed by atoms with Gasteiger partial charge in [0.2, 0.25) is 11.8 Å². The second-order valence-corrected chi connectivity index (χ2v) is 13.3. The molecule has 6 rings (SSSR count). The highest BCUT2D eigenvalue weighted by Gasteiger charge is 2.42. The zero-order chi connectivity index (χ0) is 29.6. The summed E-state index contributed by atoms with van der Waals surface area (Å²) in [6.45, 7) is 12.5. The summed E-state index contributed by atoms with van der Waals surface area (Å²) in [5, 5.41) is 2.77. The third-order valence-corrected chi connectivity index (χ3v) is 8.02. The summed E-state index contributed by atoms with van der Waals surface area (Å²) in [4.78, 5) is 40.7. The van der Waals surface area contributed by atoms with E-state index in [4.69, 9.17) is 28.9 Å². The summed E-state index contributed by atoms with van der Waals surface area (Å²) < 4.78 is 23.6. The molecule has 4 aliphatic heterocycles. The molecule has 5 heterocycles. The Morgan fingerprint density at radius 1 is 1.02 bits per heavy atom. The topological polar surface area (TPSA) is 115 Å². The molecule has 2 aromatic rings. The van der Waals surface area contributed by atoms with Gasteiger partial charge in [0, 0.05) is 43.6 Å². The van der Waals surface area contributed by atoms with Crippen LogP contribution in [0.2, 0.25) is 0 Å². The fraction of sp³-hybridized carbons (Fsp3) is 0.613. The molecule has 3 fully saturated rings. The predicted molar refractivity (Wildman–Crippen MR) is 157 cm³/mol. The number of hydrogen-bond donors (Lipinski definition) is 1. The summed E-state index contributed by atoms with van der Waals surface area (Å²) >= 11 is 0. The Kier molecular flexibility index (Phi) is 7.51. The van der Waals surface area contributed by atoms with Crippen molar-refractivity contribution in [3.63, 3.8) is 0 Å². The summed E-state index contributed by atoms with van der Waals surface area (Å²) in [5.41, 5.74) is 0.905. The van der Waals surface area contributed by atoms with Crippen molar-refractivity contribution in [1.29, 1.82) is 0 Å². The molecule has 1 aromatic heterocycles. The van der Waals surface area contributed by atoms with Crippen molar-refractivity contribution in [1.82, 2.24) is 14.9 Å². The van der Waals surface area contributed by atoms with E-state index in [0.29, 0.717) is 61.6 Å². The number of hydrogen-bond acceptors (Lipinski definition) is 9. The van der Waals surface area contributed by atoms with Crippen LogP contribution < -0.4 is 15.0 Å². The summed E-state index contributed by atoms with van der Waals surface area (Å²) in [7, 11) is 0. The Morgan fingerprint density at radius 3 is 2.33 bits per heavy atom. The van der Waals surface area contributed by atoms with Crippen molar-refractivity contribution in [3.8, 4) is 17.1 Å². The molecule has 2 atom stereocenters. The van der Waals surface area contributed by atoms with E-state index in [1.807, 2.05) is 51.7 Å². The highest BCUT2D eigenvalue weighted by Crippen LogP contribution is 2.39. The first-order valence-corrected chi connectivity index (χ1v) is 14.9. The molecular formula is C31H41N5O6. The molecule has 42 heavy (non-hydrogen) atoms. The summed E-state index contributed by atoms with van der Waals surface area (Å²) in [6.07, 6.45) is 3.35. The maximum absolute atomic E-state index is 14.4. The van der Waals surface area contributed by atoms with E-state index in [0.717, 1.165) is 31.2 Å². The van der Waals surface area contributed by atoms with Gasteiger partial charge in [-0.1, -0.05) is 12.1 Å². The van der Waals surface area contributed by atoms with Crippen LogP contribution in [-0.4, -0.2) is 89.2 Å². The molecule has 2 unspecified atom stereocenters. The van der Waals surface area contributed by atoms with Crippen LogP contribution in [-0.2, 0) is 14.2 Å². The fourth-order valence-corrected chi connectivity index (χ4v) is 6.17. The van der Waals surface area contributed by atoms with Crippen LogP contribution in [0.3, 0.4) is 0 Å². The highest BCUT2D eigenvalue weighted by atomic mass is 16.6. The van der Waals surface area contributed by atoms with E-state index in [1.54, 1.807) is 12.1 Å². The number of nitrogens with one attached hydrogen (secondary N) is 1. The van der Waals surface area contributed by atoms with Crippen molar-refractivity contribution in [2.75, 3.05) is 43.1 Å². The minimum Gasteiger partial charge on any atom is -0.469 e. The van der Waals surface area contributed by atoms with Crippen molar-refractivity contribution in [3.05, 3.63) is 29.8 Å². The van der Waals surface area contributed by atoms with E-state index < -0.39 is 17.3 Å². The minimum absolute atomic E-state index is 0.0443. The number of carbonyl (C=O) groups is 2. The second kappa shape index (κ2) is 11.0. The highest BCUT2D eigenvalue weighted by molar-refractivity contribution is 6.03. The molecule has 0 aliphatic carbocycles. The first-order chi connectivity index (χ1) is 19.9. The molecule has 11 nitrogen and oxygen atoms in total. The van der Waals surface area contributed by atoms with Crippen molar-refractivity contribution in [2.24, 2.45) is 0 Å². The van der Waals surface area contributed by atoms with Gasteiger partial charge in [0.15, 0.2) is 0 Å². The average molecular weight is 580 g/mol. The average Bonchev–Trinajstić information content (AvgIpc) is 3.22. The van der Waals surface area contributed by atoms with Crippen molar-refractivity contribution >= 4 is 23.6 Å². The number of fused-ring (bicyclic) bond motifs is 3. The Balaban J connectivity index is 1.40. The number of rotatable bonds is 4. The van der Waals surface area contributed by atoms with Gasteiger partial charge in [-0.05, 0) is 72.4 Å². The van der Waals surface area contributed by atoms with Crippen LogP contribution >= 0.6 is 0 Å². The van der Waals surface area contributed by atoms with Gasteiger partial charge in [0.05, 0.1) is 24.4 Å². The van der Waals surface area contributed by atoms with Gasteiger partial charge in [-0.15, -0.1) is 0 Å².